The number of aromatic amines is 1. The van der Waals surface area contributed by atoms with Crippen molar-refractivity contribution in [2.24, 2.45) is 0 Å². The van der Waals surface area contributed by atoms with Crippen molar-refractivity contribution < 1.29 is 4.74 Å². The summed E-state index contributed by atoms with van der Waals surface area (Å²) >= 11 is 0. The van der Waals surface area contributed by atoms with E-state index in [1.54, 1.807) is 18.0 Å². The van der Waals surface area contributed by atoms with Gasteiger partial charge in [0.1, 0.15) is 17.9 Å². The van der Waals surface area contributed by atoms with Crippen LogP contribution in [0.5, 0.6) is 5.75 Å². The smallest absolute Gasteiger partial charge is 0.155 e. The van der Waals surface area contributed by atoms with Crippen LogP contribution in [0.25, 0.3) is 28.3 Å². The van der Waals surface area contributed by atoms with Gasteiger partial charge in [-0.15, -0.1) is 0 Å². The quantitative estimate of drug-likeness (QED) is 0.397. The van der Waals surface area contributed by atoms with Crippen molar-refractivity contribution >= 4 is 5.65 Å². The summed E-state index contributed by atoms with van der Waals surface area (Å²) in [5.41, 5.74) is 7.58. The fourth-order valence-electron chi connectivity index (χ4n) is 3.93. The third-order valence-electron chi connectivity index (χ3n) is 5.67. The van der Waals surface area contributed by atoms with Gasteiger partial charge < -0.3 is 15.0 Å². The normalized spacial score (nSPS) is 11.2. The van der Waals surface area contributed by atoms with Gasteiger partial charge in [-0.25, -0.2) is 14.5 Å². The molecule has 0 aliphatic rings. The number of pyridine rings is 2. The highest BCUT2D eigenvalue weighted by atomic mass is 16.5. The summed E-state index contributed by atoms with van der Waals surface area (Å²) in [6, 6.07) is 16.0. The molecule has 1 aromatic carbocycles. The molecule has 8 nitrogen and oxygen atoms in total. The molecule has 0 saturated heterocycles. The van der Waals surface area contributed by atoms with Crippen LogP contribution in [0, 0.1) is 13.8 Å². The van der Waals surface area contributed by atoms with E-state index in [2.05, 4.69) is 33.4 Å². The molecular formula is C25H25N7O. The molecule has 0 saturated carbocycles. The Morgan fingerprint density at radius 3 is 2.73 bits per heavy atom. The third kappa shape index (κ3) is 4.20. The Labute approximate surface area is 191 Å². The number of H-pyrrole nitrogens is 1. The number of aromatic nitrogens is 6. The van der Waals surface area contributed by atoms with Crippen molar-refractivity contribution in [3.8, 4) is 28.4 Å². The van der Waals surface area contributed by atoms with E-state index < -0.39 is 0 Å². The maximum Gasteiger partial charge on any atom is 0.155 e. The first kappa shape index (κ1) is 20.8. The van der Waals surface area contributed by atoms with Gasteiger partial charge in [-0.1, -0.05) is 18.2 Å². The van der Waals surface area contributed by atoms with Gasteiger partial charge in [0.2, 0.25) is 0 Å². The number of imidazole rings is 1. The Morgan fingerprint density at radius 2 is 1.88 bits per heavy atom. The highest BCUT2D eigenvalue weighted by Gasteiger charge is 2.16. The van der Waals surface area contributed by atoms with Gasteiger partial charge in [0.05, 0.1) is 30.7 Å². The second kappa shape index (κ2) is 8.84. The third-order valence-corrected chi connectivity index (χ3v) is 5.67. The van der Waals surface area contributed by atoms with Gasteiger partial charge in [-0.2, -0.15) is 5.10 Å². The lowest BCUT2D eigenvalue weighted by Gasteiger charge is -2.10. The molecule has 0 unspecified atom stereocenters. The summed E-state index contributed by atoms with van der Waals surface area (Å²) in [6.45, 7) is 5.35. The fourth-order valence-corrected chi connectivity index (χ4v) is 3.93. The topological polar surface area (TPSA) is 93.0 Å². The van der Waals surface area contributed by atoms with E-state index in [1.165, 1.54) is 5.56 Å². The summed E-state index contributed by atoms with van der Waals surface area (Å²) in [5.74, 6) is 1.73. The number of benzene rings is 1. The first-order valence-electron chi connectivity index (χ1n) is 10.8. The van der Waals surface area contributed by atoms with E-state index >= 15 is 0 Å². The van der Waals surface area contributed by atoms with Crippen LogP contribution < -0.4 is 10.1 Å². The Balaban J connectivity index is 1.45. The SMILES string of the molecule is COc1cccc(CNCc2nc(-c3ccc4ncnn4c3)c(-c3cccc(C)n3)[nH]2)c1C. The van der Waals surface area contributed by atoms with Crippen molar-refractivity contribution in [1.29, 1.82) is 0 Å². The molecule has 8 heteroatoms. The van der Waals surface area contributed by atoms with Crippen LogP contribution in [-0.4, -0.2) is 36.7 Å². The minimum absolute atomic E-state index is 0.584. The van der Waals surface area contributed by atoms with E-state index in [1.807, 2.05) is 55.6 Å². The highest BCUT2D eigenvalue weighted by Crippen LogP contribution is 2.29. The molecule has 4 heterocycles. The van der Waals surface area contributed by atoms with Crippen LogP contribution in [0.3, 0.4) is 0 Å². The summed E-state index contributed by atoms with van der Waals surface area (Å²) in [5, 5.41) is 7.76. The second-order valence-electron chi connectivity index (χ2n) is 7.90. The summed E-state index contributed by atoms with van der Waals surface area (Å²) in [4.78, 5) is 17.3. The molecule has 4 aromatic heterocycles. The van der Waals surface area contributed by atoms with Crippen molar-refractivity contribution in [1.82, 2.24) is 34.9 Å². The number of aryl methyl sites for hydroxylation is 1. The van der Waals surface area contributed by atoms with E-state index in [0.717, 1.165) is 51.1 Å². The Bertz CT molecular complexity index is 1420. The Morgan fingerprint density at radius 1 is 1.00 bits per heavy atom. The van der Waals surface area contributed by atoms with E-state index in [4.69, 9.17) is 14.7 Å². The zero-order chi connectivity index (χ0) is 22.8. The molecule has 166 valence electrons. The number of methoxy groups -OCH3 is 1. The molecule has 0 spiro atoms. The molecule has 0 bridgehead atoms. The Kier molecular flexibility index (Phi) is 5.58. The first-order chi connectivity index (χ1) is 16.1. The van der Waals surface area contributed by atoms with Gasteiger partial charge in [0.25, 0.3) is 0 Å². The maximum atomic E-state index is 5.44. The number of rotatable bonds is 7. The van der Waals surface area contributed by atoms with Gasteiger partial charge in [-0.05, 0) is 55.3 Å². The van der Waals surface area contributed by atoms with Gasteiger partial charge in [0, 0.05) is 24.0 Å². The molecule has 0 amide bonds. The van der Waals surface area contributed by atoms with Gasteiger partial charge >= 0.3 is 0 Å². The average molecular weight is 440 g/mol. The van der Waals surface area contributed by atoms with Crippen molar-refractivity contribution in [3.05, 3.63) is 83.7 Å². The predicted molar refractivity (Wildman–Crippen MR) is 127 cm³/mol. The van der Waals surface area contributed by atoms with Crippen molar-refractivity contribution in [2.45, 2.75) is 26.9 Å². The average Bonchev–Trinajstić information content (AvgIpc) is 3.47. The van der Waals surface area contributed by atoms with Crippen LogP contribution in [0.15, 0.2) is 61.1 Å². The largest absolute Gasteiger partial charge is 0.496 e. The molecule has 0 atom stereocenters. The van der Waals surface area contributed by atoms with Crippen LogP contribution in [0.4, 0.5) is 0 Å². The molecule has 0 radical (unpaired) electrons. The minimum atomic E-state index is 0.584. The fraction of sp³-hybridized carbons (Fsp3) is 0.200. The molecule has 0 aliphatic carbocycles. The van der Waals surface area contributed by atoms with Crippen LogP contribution >= 0.6 is 0 Å². The number of nitrogens with one attached hydrogen (secondary N) is 2. The number of nitrogens with zero attached hydrogens (tertiary/aromatic N) is 5. The van der Waals surface area contributed by atoms with Crippen molar-refractivity contribution in [2.75, 3.05) is 7.11 Å². The summed E-state index contributed by atoms with van der Waals surface area (Å²) in [6.07, 6.45) is 3.48. The molecule has 0 aliphatic heterocycles. The maximum absolute atomic E-state index is 5.44. The van der Waals surface area contributed by atoms with E-state index in [0.29, 0.717) is 13.1 Å². The van der Waals surface area contributed by atoms with Gasteiger partial charge in [-0.3, -0.25) is 4.98 Å². The zero-order valence-corrected chi connectivity index (χ0v) is 18.8. The molecular weight excluding hydrogens is 414 g/mol. The second-order valence-corrected chi connectivity index (χ2v) is 7.90. The molecule has 0 fully saturated rings. The number of ether oxygens (including phenoxy) is 1. The minimum Gasteiger partial charge on any atom is -0.496 e. The van der Waals surface area contributed by atoms with Crippen LogP contribution in [-0.2, 0) is 13.1 Å². The van der Waals surface area contributed by atoms with Crippen LogP contribution in [0.2, 0.25) is 0 Å². The standard InChI is InChI=1S/C25H25N7O/c1-16-6-4-8-20(29-16)25-24(19-10-11-23-27-15-28-32(23)14-19)30-22(31-25)13-26-12-18-7-5-9-21(33-3)17(18)2/h4-11,14-15,26H,12-13H2,1-3H3,(H,30,31). The predicted octanol–water partition coefficient (Wildman–Crippen LogP) is 4.10. The lowest BCUT2D eigenvalue weighted by molar-refractivity contribution is 0.410. The molecule has 33 heavy (non-hydrogen) atoms. The van der Waals surface area contributed by atoms with Gasteiger partial charge in [0.15, 0.2) is 5.65 Å². The molecule has 5 rings (SSSR count). The highest BCUT2D eigenvalue weighted by molar-refractivity contribution is 5.77. The summed E-state index contributed by atoms with van der Waals surface area (Å²) in [7, 11) is 1.70. The first-order valence-corrected chi connectivity index (χ1v) is 10.8. The number of hydrogen-bond acceptors (Lipinski definition) is 6. The monoisotopic (exact) mass is 439 g/mol. The number of fused-ring (bicyclic) bond motifs is 1. The zero-order valence-electron chi connectivity index (χ0n) is 18.8. The van der Waals surface area contributed by atoms with E-state index in [-0.39, 0.29) is 0 Å². The molecule has 5 aromatic rings. The Hall–Kier alpha value is -4.04. The van der Waals surface area contributed by atoms with Crippen molar-refractivity contribution in [3.63, 3.8) is 0 Å². The van der Waals surface area contributed by atoms with E-state index in [9.17, 15) is 0 Å². The molecule has 2 N–H and O–H groups in total. The summed E-state index contributed by atoms with van der Waals surface area (Å²) < 4.78 is 7.19. The lowest BCUT2D eigenvalue weighted by atomic mass is 10.1. The number of hydrogen-bond donors (Lipinski definition) is 2. The van der Waals surface area contributed by atoms with Crippen LogP contribution in [0.1, 0.15) is 22.6 Å². The lowest BCUT2D eigenvalue weighted by Crippen LogP contribution is -2.14.